The Labute approximate surface area is 146 Å². The van der Waals surface area contributed by atoms with Crippen molar-refractivity contribution in [1.82, 2.24) is 10.3 Å². The van der Waals surface area contributed by atoms with E-state index in [4.69, 9.17) is 23.2 Å². The van der Waals surface area contributed by atoms with E-state index in [9.17, 15) is 23.3 Å². The van der Waals surface area contributed by atoms with Crippen molar-refractivity contribution in [2.45, 2.75) is 4.90 Å². The molecule has 0 radical (unpaired) electrons. The molecule has 8 nitrogen and oxygen atoms in total. The molecular weight excluding hydrogens is 381 g/mol. The number of hydrazine groups is 1. The number of hydrogen-bond acceptors (Lipinski definition) is 5. The molecule has 0 fully saturated rings. The molecule has 0 saturated heterocycles. The van der Waals surface area contributed by atoms with Gasteiger partial charge in [-0.1, -0.05) is 23.2 Å². The predicted octanol–water partition coefficient (Wildman–Crippen LogP) is 2.52. The van der Waals surface area contributed by atoms with Crippen molar-refractivity contribution >= 4 is 44.8 Å². The number of nitro groups is 1. The van der Waals surface area contributed by atoms with Crippen LogP contribution in [0.1, 0.15) is 10.4 Å². The first-order chi connectivity index (χ1) is 11.2. The van der Waals surface area contributed by atoms with Gasteiger partial charge in [-0.25, -0.2) is 8.42 Å². The smallest absolute Gasteiger partial charge is 0.273 e. The molecule has 0 bridgehead atoms. The van der Waals surface area contributed by atoms with Crippen LogP contribution in [0.5, 0.6) is 0 Å². The molecule has 0 aliphatic carbocycles. The highest BCUT2D eigenvalue weighted by molar-refractivity contribution is 7.89. The first kappa shape index (κ1) is 18.1. The molecule has 2 N–H and O–H groups in total. The maximum atomic E-state index is 12.0. The molecule has 0 spiro atoms. The van der Waals surface area contributed by atoms with Gasteiger partial charge in [0.2, 0.25) is 0 Å². The molecule has 2 rings (SSSR count). The maximum Gasteiger partial charge on any atom is 0.288 e. The summed E-state index contributed by atoms with van der Waals surface area (Å²) in [5.74, 6) is -0.882. The van der Waals surface area contributed by atoms with Gasteiger partial charge in [-0.3, -0.25) is 20.3 Å². The first-order valence-electron chi connectivity index (χ1n) is 6.22. The molecule has 2 aromatic carbocycles. The van der Waals surface area contributed by atoms with Crippen LogP contribution < -0.4 is 10.3 Å². The van der Waals surface area contributed by atoms with Crippen molar-refractivity contribution in [3.63, 3.8) is 0 Å². The predicted molar refractivity (Wildman–Crippen MR) is 87.3 cm³/mol. The zero-order valence-corrected chi connectivity index (χ0v) is 14.0. The van der Waals surface area contributed by atoms with Crippen LogP contribution in [0.4, 0.5) is 5.69 Å². The van der Waals surface area contributed by atoms with Crippen LogP contribution in [0.3, 0.4) is 0 Å². The summed E-state index contributed by atoms with van der Waals surface area (Å²) in [5.41, 5.74) is 1.36. The first-order valence-corrected chi connectivity index (χ1v) is 8.46. The molecule has 0 atom stereocenters. The fourth-order valence-electron chi connectivity index (χ4n) is 1.65. The number of nitrogens with one attached hydrogen (secondary N) is 2. The third kappa shape index (κ3) is 4.20. The van der Waals surface area contributed by atoms with Crippen molar-refractivity contribution in [2.24, 2.45) is 0 Å². The van der Waals surface area contributed by atoms with E-state index in [1.54, 1.807) is 0 Å². The number of nitrogens with zero attached hydrogens (tertiary/aromatic N) is 1. The second kappa shape index (κ2) is 7.14. The van der Waals surface area contributed by atoms with Crippen molar-refractivity contribution in [2.75, 3.05) is 0 Å². The van der Waals surface area contributed by atoms with E-state index < -0.39 is 26.5 Å². The zero-order valence-electron chi connectivity index (χ0n) is 11.7. The lowest BCUT2D eigenvalue weighted by molar-refractivity contribution is -0.384. The maximum absolute atomic E-state index is 12.0. The summed E-state index contributed by atoms with van der Waals surface area (Å²) >= 11 is 11.3. The quantitative estimate of drug-likeness (QED) is 0.601. The minimum atomic E-state index is -4.02. The number of nitro benzene ring substituents is 1. The largest absolute Gasteiger partial charge is 0.288 e. The second-order valence-corrected chi connectivity index (χ2v) is 6.96. The number of sulfonamides is 1. The highest BCUT2D eigenvalue weighted by Gasteiger charge is 2.19. The van der Waals surface area contributed by atoms with Crippen LogP contribution in [-0.2, 0) is 10.0 Å². The van der Waals surface area contributed by atoms with Gasteiger partial charge in [0.15, 0.2) is 0 Å². The summed E-state index contributed by atoms with van der Waals surface area (Å²) in [5, 5.41) is 11.0. The Morgan fingerprint density at radius 1 is 1.08 bits per heavy atom. The summed E-state index contributed by atoms with van der Waals surface area (Å²) in [7, 11) is -4.02. The molecule has 11 heteroatoms. The van der Waals surface area contributed by atoms with Crippen LogP contribution in [0.25, 0.3) is 0 Å². The van der Waals surface area contributed by atoms with Crippen LogP contribution in [0, 0.1) is 10.1 Å². The molecular formula is C13H9Cl2N3O5S. The fraction of sp³-hybridized carbons (Fsp3) is 0. The molecule has 2 aromatic rings. The van der Waals surface area contributed by atoms with Gasteiger partial charge in [-0.15, -0.1) is 4.83 Å². The van der Waals surface area contributed by atoms with Crippen LogP contribution in [0.2, 0.25) is 10.0 Å². The van der Waals surface area contributed by atoms with Gasteiger partial charge < -0.3 is 0 Å². The second-order valence-electron chi connectivity index (χ2n) is 4.44. The van der Waals surface area contributed by atoms with Gasteiger partial charge in [-0.2, -0.15) is 0 Å². The summed E-state index contributed by atoms with van der Waals surface area (Å²) in [6, 6.07) is 8.59. The lowest BCUT2D eigenvalue weighted by atomic mass is 10.2. The Hall–Kier alpha value is -2.20. The summed E-state index contributed by atoms with van der Waals surface area (Å²) < 4.78 is 24.0. The number of rotatable bonds is 5. The monoisotopic (exact) mass is 389 g/mol. The van der Waals surface area contributed by atoms with E-state index in [0.29, 0.717) is 5.02 Å². The van der Waals surface area contributed by atoms with Crippen molar-refractivity contribution in [3.05, 3.63) is 68.2 Å². The standard InChI is InChI=1S/C13H9Cl2N3O5S/c14-9-2-4-10(5-3-9)24(22,23)17-16-13(19)8-1-6-11(15)12(7-8)18(20)21/h1-7,17H,(H,16,19). The molecule has 0 aromatic heterocycles. The minimum Gasteiger partial charge on any atom is -0.273 e. The van der Waals surface area contributed by atoms with Crippen molar-refractivity contribution in [3.8, 4) is 0 Å². The van der Waals surface area contributed by atoms with Gasteiger partial charge in [0.05, 0.1) is 9.82 Å². The van der Waals surface area contributed by atoms with E-state index in [-0.39, 0.29) is 15.5 Å². The number of carbonyl (C=O) groups excluding carboxylic acids is 1. The molecule has 24 heavy (non-hydrogen) atoms. The van der Waals surface area contributed by atoms with E-state index in [0.717, 1.165) is 6.07 Å². The van der Waals surface area contributed by atoms with E-state index in [2.05, 4.69) is 0 Å². The number of carbonyl (C=O) groups is 1. The number of halogens is 2. The molecule has 0 unspecified atom stereocenters. The zero-order chi connectivity index (χ0) is 17.9. The van der Waals surface area contributed by atoms with Crippen LogP contribution >= 0.6 is 23.2 Å². The lowest BCUT2D eigenvalue weighted by Crippen LogP contribution is -2.41. The minimum absolute atomic E-state index is 0.116. The third-order valence-electron chi connectivity index (χ3n) is 2.83. The van der Waals surface area contributed by atoms with Gasteiger partial charge in [0.25, 0.3) is 21.6 Å². The van der Waals surface area contributed by atoms with Gasteiger partial charge >= 0.3 is 0 Å². The van der Waals surface area contributed by atoms with Crippen molar-refractivity contribution < 1.29 is 18.1 Å². The molecule has 0 saturated carbocycles. The molecule has 0 heterocycles. The average Bonchev–Trinajstić information content (AvgIpc) is 2.53. The average molecular weight is 390 g/mol. The van der Waals surface area contributed by atoms with Crippen LogP contribution in [0.15, 0.2) is 47.4 Å². The normalized spacial score (nSPS) is 11.1. The van der Waals surface area contributed by atoms with Gasteiger partial charge in [0, 0.05) is 16.7 Å². The summed E-state index contributed by atoms with van der Waals surface area (Å²) in [6.45, 7) is 0. The Kier molecular flexibility index (Phi) is 5.40. The van der Waals surface area contributed by atoms with E-state index in [1.807, 2.05) is 10.3 Å². The number of amides is 1. The fourth-order valence-corrected chi connectivity index (χ4v) is 2.80. The van der Waals surface area contributed by atoms with Crippen molar-refractivity contribution in [1.29, 1.82) is 0 Å². The SMILES string of the molecule is O=C(NNS(=O)(=O)c1ccc(Cl)cc1)c1ccc(Cl)c([N+](=O)[O-])c1. The summed E-state index contributed by atoms with van der Waals surface area (Å²) in [4.78, 5) is 23.7. The highest BCUT2D eigenvalue weighted by atomic mass is 35.5. The van der Waals surface area contributed by atoms with E-state index in [1.165, 1.54) is 36.4 Å². The molecule has 1 amide bonds. The molecule has 0 aliphatic heterocycles. The highest BCUT2D eigenvalue weighted by Crippen LogP contribution is 2.25. The number of hydrogen-bond donors (Lipinski definition) is 2. The topological polar surface area (TPSA) is 118 Å². The molecule has 0 aliphatic rings. The summed E-state index contributed by atoms with van der Waals surface area (Å²) in [6.07, 6.45) is 0. The number of benzene rings is 2. The third-order valence-corrected chi connectivity index (χ3v) is 4.66. The lowest BCUT2D eigenvalue weighted by Gasteiger charge is -2.08. The van der Waals surface area contributed by atoms with E-state index >= 15 is 0 Å². The Morgan fingerprint density at radius 3 is 2.29 bits per heavy atom. The Balaban J connectivity index is 2.14. The van der Waals surface area contributed by atoms with Gasteiger partial charge in [0.1, 0.15) is 5.02 Å². The van der Waals surface area contributed by atoms with Gasteiger partial charge in [-0.05, 0) is 36.4 Å². The Morgan fingerprint density at radius 2 is 1.71 bits per heavy atom. The molecule has 126 valence electrons. The Bertz CT molecular complexity index is 900. The van der Waals surface area contributed by atoms with Crippen LogP contribution in [-0.4, -0.2) is 19.2 Å².